The van der Waals surface area contributed by atoms with E-state index in [2.05, 4.69) is 0 Å². The minimum atomic E-state index is -0.793. The molecule has 1 unspecified atom stereocenters. The van der Waals surface area contributed by atoms with Crippen LogP contribution in [0, 0.1) is 0 Å². The topological polar surface area (TPSA) is 49.7 Å². The number of hydrogen-bond donors (Lipinski definition) is 2. The Labute approximate surface area is 57.6 Å². The Balaban J connectivity index is 2.75. The van der Waals surface area contributed by atoms with E-state index in [4.69, 9.17) is 14.6 Å². The third-order valence-electron chi connectivity index (χ3n) is 0.912. The highest BCUT2D eigenvalue weighted by atomic mass is 28.2. The van der Waals surface area contributed by atoms with Crippen molar-refractivity contribution in [1.29, 1.82) is 0 Å². The van der Waals surface area contributed by atoms with E-state index in [9.17, 15) is 0 Å². The fraction of sp³-hybridized carbons (Fsp3) is 1.00. The first-order valence-corrected chi connectivity index (χ1v) is 4.81. The standard InChI is InChI=1S/C5H14O3Si/c1-5(6)8-3-2-4-9-7/h5-7H,2-4,9H2,1H3. The predicted octanol–water partition coefficient (Wildman–Crippen LogP) is -0.774. The molecule has 0 saturated carbocycles. The fourth-order valence-corrected chi connectivity index (χ4v) is 0.895. The van der Waals surface area contributed by atoms with Crippen molar-refractivity contribution >= 4 is 9.76 Å². The van der Waals surface area contributed by atoms with E-state index in [1.165, 1.54) is 0 Å². The second-order valence-corrected chi connectivity index (χ2v) is 3.06. The molecule has 0 aromatic heterocycles. The zero-order valence-electron chi connectivity index (χ0n) is 5.71. The molecule has 4 heteroatoms. The summed E-state index contributed by atoms with van der Waals surface area (Å²) in [5.41, 5.74) is 0. The summed E-state index contributed by atoms with van der Waals surface area (Å²) in [4.78, 5) is 8.45. The van der Waals surface area contributed by atoms with Crippen LogP contribution in [0.4, 0.5) is 0 Å². The summed E-state index contributed by atoms with van der Waals surface area (Å²) in [5, 5.41) is 8.58. The molecule has 0 spiro atoms. The van der Waals surface area contributed by atoms with Crippen LogP contribution in [-0.4, -0.2) is 32.6 Å². The molecule has 56 valence electrons. The number of aliphatic hydroxyl groups excluding tert-OH is 1. The summed E-state index contributed by atoms with van der Waals surface area (Å²) in [5.74, 6) is 0. The lowest BCUT2D eigenvalue weighted by Crippen LogP contribution is -2.07. The van der Waals surface area contributed by atoms with Crippen molar-refractivity contribution in [3.05, 3.63) is 0 Å². The van der Waals surface area contributed by atoms with E-state index in [1.54, 1.807) is 6.92 Å². The number of aliphatic hydroxyl groups is 1. The molecule has 0 aliphatic heterocycles. The highest BCUT2D eigenvalue weighted by Gasteiger charge is 1.92. The van der Waals surface area contributed by atoms with Crippen molar-refractivity contribution in [1.82, 2.24) is 0 Å². The van der Waals surface area contributed by atoms with Crippen LogP contribution in [0.2, 0.25) is 6.04 Å². The van der Waals surface area contributed by atoms with Gasteiger partial charge in [0.1, 0.15) is 0 Å². The van der Waals surface area contributed by atoms with E-state index in [-0.39, 0.29) is 0 Å². The molecular formula is C5H14O3Si. The molecule has 0 amide bonds. The van der Waals surface area contributed by atoms with Crippen molar-refractivity contribution in [2.24, 2.45) is 0 Å². The van der Waals surface area contributed by atoms with Gasteiger partial charge in [-0.25, -0.2) is 0 Å². The molecule has 1 atom stereocenters. The zero-order valence-corrected chi connectivity index (χ0v) is 7.12. The molecule has 0 aliphatic rings. The van der Waals surface area contributed by atoms with Crippen molar-refractivity contribution in [2.45, 2.75) is 25.7 Å². The molecule has 0 saturated heterocycles. The number of rotatable bonds is 5. The molecule has 3 nitrogen and oxygen atoms in total. The van der Waals surface area contributed by atoms with Gasteiger partial charge in [0.15, 0.2) is 16.1 Å². The Morgan fingerprint density at radius 3 is 2.78 bits per heavy atom. The van der Waals surface area contributed by atoms with E-state index < -0.39 is 16.1 Å². The Kier molecular flexibility index (Phi) is 6.29. The maximum atomic E-state index is 8.58. The van der Waals surface area contributed by atoms with Crippen molar-refractivity contribution in [3.8, 4) is 0 Å². The van der Waals surface area contributed by atoms with Crippen LogP contribution in [0.5, 0.6) is 0 Å². The van der Waals surface area contributed by atoms with Gasteiger partial charge in [-0.15, -0.1) is 0 Å². The molecule has 0 radical (unpaired) electrons. The number of hydrogen-bond acceptors (Lipinski definition) is 3. The van der Waals surface area contributed by atoms with Gasteiger partial charge in [0.25, 0.3) is 0 Å². The fourth-order valence-electron chi connectivity index (χ4n) is 0.468. The summed E-state index contributed by atoms with van der Waals surface area (Å²) in [7, 11) is -0.793. The van der Waals surface area contributed by atoms with Gasteiger partial charge in [0, 0.05) is 6.61 Å². The summed E-state index contributed by atoms with van der Waals surface area (Å²) in [6, 6.07) is 0.882. The smallest absolute Gasteiger partial charge is 0.156 e. The number of ether oxygens (including phenoxy) is 1. The first kappa shape index (κ1) is 9.10. The van der Waals surface area contributed by atoms with Gasteiger partial charge >= 0.3 is 0 Å². The highest BCUT2D eigenvalue weighted by molar-refractivity contribution is 6.25. The normalized spacial score (nSPS) is 15.0. The van der Waals surface area contributed by atoms with E-state index in [0.29, 0.717) is 6.61 Å². The van der Waals surface area contributed by atoms with Gasteiger partial charge in [-0.3, -0.25) is 0 Å². The third-order valence-corrected chi connectivity index (χ3v) is 1.73. The van der Waals surface area contributed by atoms with Crippen molar-refractivity contribution in [3.63, 3.8) is 0 Å². The van der Waals surface area contributed by atoms with Gasteiger partial charge in [0.2, 0.25) is 0 Å². The second kappa shape index (κ2) is 6.22. The van der Waals surface area contributed by atoms with E-state index in [0.717, 1.165) is 12.5 Å². The molecule has 0 fully saturated rings. The third kappa shape index (κ3) is 8.10. The summed E-state index contributed by atoms with van der Waals surface area (Å²) >= 11 is 0. The molecule has 0 heterocycles. The average Bonchev–Trinajstić information content (AvgIpc) is 1.80. The highest BCUT2D eigenvalue weighted by Crippen LogP contribution is 1.90. The van der Waals surface area contributed by atoms with Crippen LogP contribution in [0.15, 0.2) is 0 Å². The minimum absolute atomic E-state index is 0.561. The maximum Gasteiger partial charge on any atom is 0.156 e. The zero-order chi connectivity index (χ0) is 7.11. The van der Waals surface area contributed by atoms with Crippen LogP contribution in [-0.2, 0) is 4.74 Å². The summed E-state index contributed by atoms with van der Waals surface area (Å²) in [6.45, 7) is 2.14. The molecule has 0 bridgehead atoms. The lowest BCUT2D eigenvalue weighted by molar-refractivity contribution is -0.0847. The monoisotopic (exact) mass is 150 g/mol. The van der Waals surface area contributed by atoms with Crippen LogP contribution in [0.3, 0.4) is 0 Å². The van der Waals surface area contributed by atoms with Gasteiger partial charge in [-0.1, -0.05) is 0 Å². The minimum Gasteiger partial charge on any atom is -0.438 e. The Morgan fingerprint density at radius 1 is 1.67 bits per heavy atom. The quantitative estimate of drug-likeness (QED) is 0.307. The van der Waals surface area contributed by atoms with E-state index >= 15 is 0 Å². The van der Waals surface area contributed by atoms with Crippen LogP contribution in [0.25, 0.3) is 0 Å². The van der Waals surface area contributed by atoms with Gasteiger partial charge < -0.3 is 14.6 Å². The molecular weight excluding hydrogens is 136 g/mol. The molecule has 2 N–H and O–H groups in total. The predicted molar refractivity (Wildman–Crippen MR) is 37.8 cm³/mol. The Hall–Kier alpha value is 0.0969. The van der Waals surface area contributed by atoms with Crippen molar-refractivity contribution in [2.75, 3.05) is 6.61 Å². The van der Waals surface area contributed by atoms with Gasteiger partial charge in [0.05, 0.1) is 0 Å². The SMILES string of the molecule is CC(O)OCCC[SiH2]O. The molecule has 0 aromatic rings. The van der Waals surface area contributed by atoms with Gasteiger partial charge in [-0.05, 0) is 19.4 Å². The van der Waals surface area contributed by atoms with Gasteiger partial charge in [-0.2, -0.15) is 0 Å². The Morgan fingerprint density at radius 2 is 2.33 bits per heavy atom. The van der Waals surface area contributed by atoms with E-state index in [1.807, 2.05) is 0 Å². The second-order valence-electron chi connectivity index (χ2n) is 1.90. The van der Waals surface area contributed by atoms with Crippen molar-refractivity contribution < 1.29 is 14.6 Å². The maximum absolute atomic E-state index is 8.58. The molecule has 0 rings (SSSR count). The molecule has 9 heavy (non-hydrogen) atoms. The summed E-state index contributed by atoms with van der Waals surface area (Å²) < 4.78 is 4.81. The molecule has 0 aliphatic carbocycles. The Bertz CT molecular complexity index is 58.2. The van der Waals surface area contributed by atoms with Crippen LogP contribution < -0.4 is 0 Å². The lowest BCUT2D eigenvalue weighted by Gasteiger charge is -2.04. The largest absolute Gasteiger partial charge is 0.438 e. The van der Waals surface area contributed by atoms with Crippen LogP contribution >= 0.6 is 0 Å². The average molecular weight is 150 g/mol. The first-order chi connectivity index (χ1) is 4.27. The molecule has 0 aromatic carbocycles. The van der Waals surface area contributed by atoms with Crippen LogP contribution in [0.1, 0.15) is 13.3 Å². The summed E-state index contributed by atoms with van der Waals surface area (Å²) in [6.07, 6.45) is 0.207. The lowest BCUT2D eigenvalue weighted by atomic mass is 10.5. The first-order valence-electron chi connectivity index (χ1n) is 3.18.